The van der Waals surface area contributed by atoms with Crippen LogP contribution in [0.5, 0.6) is 0 Å². The van der Waals surface area contributed by atoms with Crippen molar-refractivity contribution in [3.05, 3.63) is 18.0 Å². The van der Waals surface area contributed by atoms with Crippen LogP contribution in [0, 0.1) is 0 Å². The molecule has 0 amide bonds. The molecule has 4 heteroatoms. The van der Waals surface area contributed by atoms with Crippen molar-refractivity contribution in [2.75, 3.05) is 6.54 Å². The monoisotopic (exact) mass is 220 g/mol. The number of aromatic nitrogens is 2. The van der Waals surface area contributed by atoms with E-state index in [-0.39, 0.29) is 6.04 Å². The summed E-state index contributed by atoms with van der Waals surface area (Å²) in [5.74, 6) is 0. The number of nitrogens with two attached hydrogens (primary N) is 1. The van der Waals surface area contributed by atoms with E-state index in [4.69, 9.17) is 5.73 Å². The van der Waals surface area contributed by atoms with E-state index < -0.39 is 0 Å². The van der Waals surface area contributed by atoms with Gasteiger partial charge in [0.2, 0.25) is 0 Å². The minimum atomic E-state index is 0.276. The molecular formula is C12H20N4. The molecule has 1 aromatic rings. The zero-order chi connectivity index (χ0) is 11.1. The normalized spacial score (nSPS) is 31.9. The molecule has 1 aliphatic heterocycles. The second-order valence-corrected chi connectivity index (χ2v) is 5.17. The number of rotatable bonds is 2. The van der Waals surface area contributed by atoms with E-state index in [1.807, 2.05) is 17.9 Å². The summed E-state index contributed by atoms with van der Waals surface area (Å²) in [5, 5.41) is 4.27. The molecule has 2 N–H and O–H groups in total. The van der Waals surface area contributed by atoms with Crippen molar-refractivity contribution in [3.63, 3.8) is 0 Å². The molecule has 1 aromatic heterocycles. The zero-order valence-electron chi connectivity index (χ0n) is 9.84. The van der Waals surface area contributed by atoms with Gasteiger partial charge in [-0.05, 0) is 32.2 Å². The predicted octanol–water partition coefficient (Wildman–Crippen LogP) is 1.05. The fourth-order valence-corrected chi connectivity index (χ4v) is 2.90. The van der Waals surface area contributed by atoms with Gasteiger partial charge in [0.1, 0.15) is 0 Å². The molecule has 1 saturated carbocycles. The molecule has 0 aromatic carbocycles. The smallest absolute Gasteiger partial charge is 0.0538 e. The minimum absolute atomic E-state index is 0.276. The molecule has 2 atom stereocenters. The summed E-state index contributed by atoms with van der Waals surface area (Å²) in [7, 11) is 1.97. The predicted molar refractivity (Wildman–Crippen MR) is 62.9 cm³/mol. The lowest BCUT2D eigenvalue weighted by molar-refractivity contribution is 0.120. The Morgan fingerprint density at radius 3 is 2.81 bits per heavy atom. The van der Waals surface area contributed by atoms with Crippen LogP contribution < -0.4 is 5.73 Å². The maximum absolute atomic E-state index is 6.30. The first-order valence-corrected chi connectivity index (χ1v) is 6.25. The second kappa shape index (κ2) is 3.86. The van der Waals surface area contributed by atoms with Gasteiger partial charge in [-0.15, -0.1) is 0 Å². The van der Waals surface area contributed by atoms with Crippen molar-refractivity contribution in [3.8, 4) is 0 Å². The van der Waals surface area contributed by atoms with Crippen molar-refractivity contribution in [2.45, 2.75) is 43.8 Å². The Morgan fingerprint density at radius 1 is 1.38 bits per heavy atom. The van der Waals surface area contributed by atoms with Crippen molar-refractivity contribution in [1.29, 1.82) is 0 Å². The van der Waals surface area contributed by atoms with E-state index in [0.717, 1.165) is 12.5 Å². The van der Waals surface area contributed by atoms with Crippen LogP contribution in [0.15, 0.2) is 12.4 Å². The molecule has 16 heavy (non-hydrogen) atoms. The van der Waals surface area contributed by atoms with Crippen LogP contribution in [0.3, 0.4) is 0 Å². The molecular weight excluding hydrogens is 200 g/mol. The van der Waals surface area contributed by atoms with E-state index in [9.17, 15) is 0 Å². The van der Waals surface area contributed by atoms with Gasteiger partial charge in [0, 0.05) is 30.9 Å². The zero-order valence-corrected chi connectivity index (χ0v) is 9.84. The Bertz CT molecular complexity index is 369. The Hall–Kier alpha value is -0.870. The number of likely N-dealkylation sites (tertiary alicyclic amines) is 1. The molecule has 2 fully saturated rings. The number of aryl methyl sites for hydroxylation is 1. The maximum atomic E-state index is 6.30. The average molecular weight is 220 g/mol. The minimum Gasteiger partial charge on any atom is -0.326 e. The highest BCUT2D eigenvalue weighted by Crippen LogP contribution is 2.39. The first kappa shape index (κ1) is 10.3. The Labute approximate surface area is 96.4 Å². The van der Waals surface area contributed by atoms with Gasteiger partial charge in [-0.2, -0.15) is 5.10 Å². The lowest BCUT2D eigenvalue weighted by Crippen LogP contribution is -2.46. The first-order chi connectivity index (χ1) is 7.75. The van der Waals surface area contributed by atoms with Crippen LogP contribution in [-0.4, -0.2) is 33.3 Å². The summed E-state index contributed by atoms with van der Waals surface area (Å²) in [6.07, 6.45) is 9.18. The summed E-state index contributed by atoms with van der Waals surface area (Å²) in [6.45, 7) is 1.21. The van der Waals surface area contributed by atoms with Gasteiger partial charge in [0.05, 0.1) is 12.2 Å². The summed E-state index contributed by atoms with van der Waals surface area (Å²) in [5.41, 5.74) is 7.59. The van der Waals surface area contributed by atoms with Gasteiger partial charge < -0.3 is 5.73 Å². The Kier molecular flexibility index (Phi) is 2.48. The molecule has 0 spiro atoms. The van der Waals surface area contributed by atoms with Crippen molar-refractivity contribution in [1.82, 2.24) is 14.7 Å². The van der Waals surface area contributed by atoms with Crippen LogP contribution in [0.4, 0.5) is 0 Å². The van der Waals surface area contributed by atoms with Gasteiger partial charge in [-0.25, -0.2) is 0 Å². The van der Waals surface area contributed by atoms with Gasteiger partial charge in [-0.1, -0.05) is 0 Å². The van der Waals surface area contributed by atoms with E-state index in [1.54, 1.807) is 0 Å². The molecule has 1 aliphatic carbocycles. The number of nitrogens with zero attached hydrogens (tertiary/aromatic N) is 3. The third kappa shape index (κ3) is 1.76. The molecule has 0 bridgehead atoms. The van der Waals surface area contributed by atoms with E-state index >= 15 is 0 Å². The molecule has 1 saturated heterocycles. The first-order valence-electron chi connectivity index (χ1n) is 6.25. The average Bonchev–Trinajstić information content (AvgIpc) is 3.02. The van der Waals surface area contributed by atoms with Crippen LogP contribution in [-0.2, 0) is 7.05 Å². The van der Waals surface area contributed by atoms with E-state index in [1.165, 1.54) is 31.4 Å². The van der Waals surface area contributed by atoms with Gasteiger partial charge in [-0.3, -0.25) is 9.58 Å². The third-order valence-corrected chi connectivity index (χ3v) is 3.80. The highest BCUT2D eigenvalue weighted by atomic mass is 15.3. The molecule has 0 radical (unpaired) electrons. The molecule has 2 heterocycles. The molecule has 88 valence electrons. The largest absolute Gasteiger partial charge is 0.326 e. The standard InChI is InChI=1S/C12H20N4/c1-15-8-9(7-14-15)12-11(13)3-2-6-16(12)10-4-5-10/h7-8,10-12H,2-6,13H2,1H3. The summed E-state index contributed by atoms with van der Waals surface area (Å²) < 4.78 is 1.88. The van der Waals surface area contributed by atoms with Gasteiger partial charge in [0.25, 0.3) is 0 Å². The second-order valence-electron chi connectivity index (χ2n) is 5.17. The molecule has 4 nitrogen and oxygen atoms in total. The molecule has 2 unspecified atom stereocenters. The van der Waals surface area contributed by atoms with E-state index in [2.05, 4.69) is 16.2 Å². The Morgan fingerprint density at radius 2 is 2.19 bits per heavy atom. The van der Waals surface area contributed by atoms with Crippen molar-refractivity contribution >= 4 is 0 Å². The third-order valence-electron chi connectivity index (χ3n) is 3.80. The van der Waals surface area contributed by atoms with Crippen molar-refractivity contribution < 1.29 is 0 Å². The lowest BCUT2D eigenvalue weighted by atomic mass is 9.92. The molecule has 3 rings (SSSR count). The fraction of sp³-hybridized carbons (Fsp3) is 0.750. The van der Waals surface area contributed by atoms with Gasteiger partial charge >= 0.3 is 0 Å². The summed E-state index contributed by atoms with van der Waals surface area (Å²) in [6, 6.07) is 1.46. The van der Waals surface area contributed by atoms with Gasteiger partial charge in [0.15, 0.2) is 0 Å². The molecule has 2 aliphatic rings. The highest BCUT2D eigenvalue weighted by Gasteiger charge is 2.39. The summed E-state index contributed by atoms with van der Waals surface area (Å²) in [4.78, 5) is 2.60. The van der Waals surface area contributed by atoms with Crippen LogP contribution in [0.2, 0.25) is 0 Å². The van der Waals surface area contributed by atoms with E-state index in [0.29, 0.717) is 6.04 Å². The maximum Gasteiger partial charge on any atom is 0.0538 e. The van der Waals surface area contributed by atoms with Crippen molar-refractivity contribution in [2.24, 2.45) is 12.8 Å². The Balaban J connectivity index is 1.87. The number of piperidine rings is 1. The van der Waals surface area contributed by atoms with Crippen LogP contribution in [0.25, 0.3) is 0 Å². The SMILES string of the molecule is Cn1cc(C2C(N)CCCN2C2CC2)cn1. The number of hydrogen-bond acceptors (Lipinski definition) is 3. The lowest BCUT2D eigenvalue weighted by Gasteiger charge is -2.39. The van der Waals surface area contributed by atoms with Crippen LogP contribution >= 0.6 is 0 Å². The van der Waals surface area contributed by atoms with Crippen LogP contribution in [0.1, 0.15) is 37.3 Å². The number of hydrogen-bond donors (Lipinski definition) is 1. The quantitative estimate of drug-likeness (QED) is 0.810. The highest BCUT2D eigenvalue weighted by molar-refractivity contribution is 5.16. The summed E-state index contributed by atoms with van der Waals surface area (Å²) >= 11 is 0. The fourth-order valence-electron chi connectivity index (χ4n) is 2.90. The topological polar surface area (TPSA) is 47.1 Å².